The van der Waals surface area contributed by atoms with Crippen molar-refractivity contribution in [1.29, 1.82) is 0 Å². The lowest BCUT2D eigenvalue weighted by molar-refractivity contribution is 0.0619. The van der Waals surface area contributed by atoms with Crippen LogP contribution in [-0.4, -0.2) is 58.6 Å². The van der Waals surface area contributed by atoms with Crippen molar-refractivity contribution in [3.05, 3.63) is 18.2 Å². The van der Waals surface area contributed by atoms with Gasteiger partial charge in [0, 0.05) is 44.5 Å². The zero-order valence-electron chi connectivity index (χ0n) is 12.7. The van der Waals surface area contributed by atoms with Crippen LogP contribution in [0, 0.1) is 0 Å². The number of piperazine rings is 1. The Bertz CT molecular complexity index is 439. The fourth-order valence-corrected chi connectivity index (χ4v) is 3.38. The van der Waals surface area contributed by atoms with Gasteiger partial charge in [-0.25, -0.2) is 4.98 Å². The second kappa shape index (κ2) is 5.84. The normalized spacial score (nSPS) is 26.9. The second-order valence-electron chi connectivity index (χ2n) is 6.25. The SMILES string of the molecule is CCC1CN(C(CN)c2cncn2C2CC2)CCN1C. The molecule has 1 aromatic rings. The first kappa shape index (κ1) is 14.0. The highest BCUT2D eigenvalue weighted by molar-refractivity contribution is 5.10. The topological polar surface area (TPSA) is 50.3 Å². The van der Waals surface area contributed by atoms with E-state index in [1.165, 1.54) is 25.0 Å². The van der Waals surface area contributed by atoms with E-state index < -0.39 is 0 Å². The summed E-state index contributed by atoms with van der Waals surface area (Å²) in [6.07, 6.45) is 7.80. The zero-order valence-corrected chi connectivity index (χ0v) is 12.7. The number of aromatic nitrogens is 2. The lowest BCUT2D eigenvalue weighted by atomic mass is 10.1. The maximum atomic E-state index is 6.11. The molecule has 2 aliphatic rings. The lowest BCUT2D eigenvalue weighted by Crippen LogP contribution is -2.53. The van der Waals surface area contributed by atoms with Gasteiger partial charge in [0.2, 0.25) is 0 Å². The van der Waals surface area contributed by atoms with E-state index in [0.29, 0.717) is 24.7 Å². The minimum atomic E-state index is 0.320. The van der Waals surface area contributed by atoms with E-state index in [1.54, 1.807) is 0 Å². The molecule has 0 amide bonds. The Balaban J connectivity index is 1.77. The average molecular weight is 277 g/mol. The fourth-order valence-electron chi connectivity index (χ4n) is 3.38. The molecular formula is C15H27N5. The Labute approximate surface area is 121 Å². The summed E-state index contributed by atoms with van der Waals surface area (Å²) in [5.74, 6) is 0. The Morgan fingerprint density at radius 2 is 2.20 bits per heavy atom. The van der Waals surface area contributed by atoms with Crippen LogP contribution >= 0.6 is 0 Å². The van der Waals surface area contributed by atoms with Crippen LogP contribution in [0.5, 0.6) is 0 Å². The molecule has 2 unspecified atom stereocenters. The van der Waals surface area contributed by atoms with Crippen molar-refractivity contribution in [3.8, 4) is 0 Å². The summed E-state index contributed by atoms with van der Waals surface area (Å²) >= 11 is 0. The maximum Gasteiger partial charge on any atom is 0.0951 e. The third-order valence-corrected chi connectivity index (χ3v) is 4.92. The summed E-state index contributed by atoms with van der Waals surface area (Å²) in [7, 11) is 2.23. The van der Waals surface area contributed by atoms with Crippen molar-refractivity contribution in [2.24, 2.45) is 5.73 Å². The van der Waals surface area contributed by atoms with Gasteiger partial charge in [0.15, 0.2) is 0 Å². The monoisotopic (exact) mass is 277 g/mol. The smallest absolute Gasteiger partial charge is 0.0951 e. The van der Waals surface area contributed by atoms with Gasteiger partial charge in [-0.3, -0.25) is 4.90 Å². The van der Waals surface area contributed by atoms with Gasteiger partial charge in [0.1, 0.15) is 0 Å². The minimum Gasteiger partial charge on any atom is -0.330 e. The van der Waals surface area contributed by atoms with E-state index in [2.05, 4.69) is 33.3 Å². The van der Waals surface area contributed by atoms with Crippen LogP contribution in [0.4, 0.5) is 0 Å². The fraction of sp³-hybridized carbons (Fsp3) is 0.800. The Morgan fingerprint density at radius 3 is 2.85 bits per heavy atom. The molecule has 112 valence electrons. The van der Waals surface area contributed by atoms with Gasteiger partial charge < -0.3 is 15.2 Å². The number of hydrogen-bond acceptors (Lipinski definition) is 4. The molecule has 1 aliphatic carbocycles. The minimum absolute atomic E-state index is 0.320. The van der Waals surface area contributed by atoms with Gasteiger partial charge in [-0.2, -0.15) is 0 Å². The first-order valence-corrected chi connectivity index (χ1v) is 7.90. The summed E-state index contributed by atoms with van der Waals surface area (Å²) in [5.41, 5.74) is 7.42. The highest BCUT2D eigenvalue weighted by Gasteiger charge is 2.32. The molecule has 5 heteroatoms. The van der Waals surface area contributed by atoms with Crippen molar-refractivity contribution in [1.82, 2.24) is 19.4 Å². The van der Waals surface area contributed by atoms with Crippen LogP contribution in [0.1, 0.15) is 44.0 Å². The Hall–Kier alpha value is -0.910. The van der Waals surface area contributed by atoms with Crippen molar-refractivity contribution < 1.29 is 0 Å². The van der Waals surface area contributed by atoms with E-state index in [1.807, 2.05) is 12.5 Å². The molecule has 2 N–H and O–H groups in total. The van der Waals surface area contributed by atoms with E-state index in [4.69, 9.17) is 5.73 Å². The molecule has 0 spiro atoms. The predicted molar refractivity (Wildman–Crippen MR) is 80.6 cm³/mol. The Morgan fingerprint density at radius 1 is 1.40 bits per heavy atom. The van der Waals surface area contributed by atoms with Crippen LogP contribution in [0.3, 0.4) is 0 Å². The molecule has 2 heterocycles. The summed E-state index contributed by atoms with van der Waals surface area (Å²) in [6.45, 7) is 6.30. The number of likely N-dealkylation sites (N-methyl/N-ethyl adjacent to an activating group) is 1. The van der Waals surface area contributed by atoms with Crippen LogP contribution in [0.25, 0.3) is 0 Å². The number of nitrogens with two attached hydrogens (primary N) is 1. The van der Waals surface area contributed by atoms with E-state index in [0.717, 1.165) is 19.6 Å². The maximum absolute atomic E-state index is 6.11. The van der Waals surface area contributed by atoms with Crippen LogP contribution < -0.4 is 5.73 Å². The molecular weight excluding hydrogens is 250 g/mol. The summed E-state index contributed by atoms with van der Waals surface area (Å²) < 4.78 is 2.36. The number of nitrogens with zero attached hydrogens (tertiary/aromatic N) is 4. The molecule has 2 atom stereocenters. The van der Waals surface area contributed by atoms with Crippen molar-refractivity contribution in [2.75, 3.05) is 33.2 Å². The Kier molecular flexibility index (Phi) is 4.10. The van der Waals surface area contributed by atoms with Gasteiger partial charge in [-0.05, 0) is 26.3 Å². The van der Waals surface area contributed by atoms with Crippen LogP contribution in [0.2, 0.25) is 0 Å². The third-order valence-electron chi connectivity index (χ3n) is 4.92. The molecule has 1 aliphatic heterocycles. The van der Waals surface area contributed by atoms with Crippen LogP contribution in [-0.2, 0) is 0 Å². The molecule has 20 heavy (non-hydrogen) atoms. The third kappa shape index (κ3) is 2.62. The van der Waals surface area contributed by atoms with Crippen LogP contribution in [0.15, 0.2) is 12.5 Å². The highest BCUT2D eigenvalue weighted by Crippen LogP contribution is 2.37. The van der Waals surface area contributed by atoms with Gasteiger partial charge in [0.25, 0.3) is 0 Å². The second-order valence-corrected chi connectivity index (χ2v) is 6.25. The highest BCUT2D eigenvalue weighted by atomic mass is 15.3. The van der Waals surface area contributed by atoms with E-state index >= 15 is 0 Å². The van der Waals surface area contributed by atoms with Crippen molar-refractivity contribution in [2.45, 2.75) is 44.3 Å². The first-order valence-electron chi connectivity index (χ1n) is 7.90. The standard InChI is InChI=1S/C15H27N5/c1-3-12-10-19(7-6-18(12)2)14(8-16)15-9-17-11-20(15)13-4-5-13/h9,11-14H,3-8,10,16H2,1-2H3. The quantitative estimate of drug-likeness (QED) is 0.880. The molecule has 1 saturated heterocycles. The molecule has 3 rings (SSSR count). The summed E-state index contributed by atoms with van der Waals surface area (Å²) in [5, 5.41) is 0. The van der Waals surface area contributed by atoms with Crippen molar-refractivity contribution in [3.63, 3.8) is 0 Å². The van der Waals surface area contributed by atoms with Gasteiger partial charge in [-0.1, -0.05) is 6.92 Å². The molecule has 0 aromatic carbocycles. The van der Waals surface area contributed by atoms with E-state index in [-0.39, 0.29) is 0 Å². The average Bonchev–Trinajstić information content (AvgIpc) is 3.20. The van der Waals surface area contributed by atoms with Crippen molar-refractivity contribution >= 4 is 0 Å². The molecule has 5 nitrogen and oxygen atoms in total. The molecule has 0 bridgehead atoms. The molecule has 1 saturated carbocycles. The van der Waals surface area contributed by atoms with Gasteiger partial charge in [0.05, 0.1) is 18.1 Å². The molecule has 0 radical (unpaired) electrons. The molecule has 1 aromatic heterocycles. The summed E-state index contributed by atoms with van der Waals surface area (Å²) in [4.78, 5) is 9.41. The van der Waals surface area contributed by atoms with E-state index in [9.17, 15) is 0 Å². The lowest BCUT2D eigenvalue weighted by Gasteiger charge is -2.42. The largest absolute Gasteiger partial charge is 0.330 e. The number of imidazole rings is 1. The number of rotatable bonds is 5. The van der Waals surface area contributed by atoms with Gasteiger partial charge >= 0.3 is 0 Å². The zero-order chi connectivity index (χ0) is 14.1. The molecule has 2 fully saturated rings. The predicted octanol–water partition coefficient (Wildman–Crippen LogP) is 1.24. The number of hydrogen-bond donors (Lipinski definition) is 1. The first-order chi connectivity index (χ1) is 9.74. The van der Waals surface area contributed by atoms with Gasteiger partial charge in [-0.15, -0.1) is 0 Å². The summed E-state index contributed by atoms with van der Waals surface area (Å²) in [6, 6.07) is 1.65.